The molecule has 9 nitrogen and oxygen atoms in total. The first kappa shape index (κ1) is 22.3. The van der Waals surface area contributed by atoms with Crippen molar-refractivity contribution < 1.29 is 14.3 Å². The molecule has 0 unspecified atom stereocenters. The molecule has 1 N–H and O–H groups in total. The summed E-state index contributed by atoms with van der Waals surface area (Å²) in [6, 6.07) is 4.64. The summed E-state index contributed by atoms with van der Waals surface area (Å²) in [7, 11) is 1.41. The highest BCUT2D eigenvalue weighted by atomic mass is 16.5. The van der Waals surface area contributed by atoms with E-state index in [0.29, 0.717) is 11.8 Å². The van der Waals surface area contributed by atoms with Crippen molar-refractivity contribution in [2.24, 2.45) is 0 Å². The van der Waals surface area contributed by atoms with Crippen LogP contribution in [-0.4, -0.2) is 52.1 Å². The van der Waals surface area contributed by atoms with Gasteiger partial charge in [0.15, 0.2) is 0 Å². The van der Waals surface area contributed by atoms with Gasteiger partial charge in [-0.15, -0.1) is 0 Å². The molecule has 4 heterocycles. The van der Waals surface area contributed by atoms with Crippen LogP contribution in [0.1, 0.15) is 43.4 Å². The Morgan fingerprint density at radius 1 is 1.12 bits per heavy atom. The van der Waals surface area contributed by atoms with E-state index in [1.54, 1.807) is 17.3 Å². The topological polar surface area (TPSA) is 94.4 Å². The van der Waals surface area contributed by atoms with Gasteiger partial charge in [0.2, 0.25) is 0 Å². The van der Waals surface area contributed by atoms with Gasteiger partial charge in [-0.2, -0.15) is 5.10 Å². The third-order valence-corrected chi connectivity index (χ3v) is 6.67. The Labute approximate surface area is 199 Å². The Hall–Kier alpha value is -3.46. The van der Waals surface area contributed by atoms with Crippen molar-refractivity contribution in [1.82, 2.24) is 25.1 Å². The second kappa shape index (κ2) is 9.42. The molecular weight excluding hydrogens is 432 g/mol. The molecule has 1 atom stereocenters. The van der Waals surface area contributed by atoms with Gasteiger partial charge in [0.25, 0.3) is 0 Å². The zero-order valence-corrected chi connectivity index (χ0v) is 19.8. The lowest BCUT2D eigenvalue weighted by Gasteiger charge is -2.35. The third-order valence-electron chi connectivity index (χ3n) is 6.67. The van der Waals surface area contributed by atoms with Gasteiger partial charge in [0, 0.05) is 41.3 Å². The van der Waals surface area contributed by atoms with Crippen molar-refractivity contribution in [1.29, 1.82) is 0 Å². The lowest BCUT2D eigenvalue weighted by atomic mass is 9.92. The van der Waals surface area contributed by atoms with Gasteiger partial charge in [-0.05, 0) is 70.3 Å². The SMILES string of the molecule is COC(=O)N1c2ccc(-c3cnn(C4CCNCC4)c3)c(Oc3ncc(C)cn3)c2CC[C@@H]1C. The summed E-state index contributed by atoms with van der Waals surface area (Å²) in [5.74, 6) is 0.659. The van der Waals surface area contributed by atoms with Crippen molar-refractivity contribution in [2.75, 3.05) is 25.1 Å². The van der Waals surface area contributed by atoms with Gasteiger partial charge in [-0.3, -0.25) is 9.58 Å². The number of hydrogen-bond donors (Lipinski definition) is 1. The fourth-order valence-electron chi connectivity index (χ4n) is 4.80. The minimum absolute atomic E-state index is 0.0249. The molecule has 3 aromatic rings. The number of aromatic nitrogens is 4. The number of aryl methyl sites for hydroxylation is 1. The van der Waals surface area contributed by atoms with Gasteiger partial charge in [-0.25, -0.2) is 14.8 Å². The predicted octanol–water partition coefficient (Wildman–Crippen LogP) is 4.27. The standard InChI is InChI=1S/C25H30N6O3/c1-16-12-27-24(28-13-16)34-23-20(18-14-29-30(15-18)19-8-10-26-11-9-19)6-7-22-21(23)5-4-17(2)31(22)25(32)33-3/h6-7,12-15,17,19,26H,4-5,8-11H2,1-3H3/t17-/m0/s1. The van der Waals surface area contributed by atoms with Crippen molar-refractivity contribution in [3.63, 3.8) is 0 Å². The van der Waals surface area contributed by atoms with Crippen LogP contribution >= 0.6 is 0 Å². The number of hydrogen-bond acceptors (Lipinski definition) is 7. The van der Waals surface area contributed by atoms with Crippen LogP contribution in [0, 0.1) is 6.92 Å². The van der Waals surface area contributed by atoms with E-state index in [1.165, 1.54) is 7.11 Å². The Morgan fingerprint density at radius 3 is 2.62 bits per heavy atom. The number of piperidine rings is 1. The summed E-state index contributed by atoms with van der Waals surface area (Å²) < 4.78 is 13.5. The number of benzene rings is 1. The molecule has 9 heteroatoms. The Kier molecular flexibility index (Phi) is 6.19. The Bertz CT molecular complexity index is 1170. The average Bonchev–Trinajstić information content (AvgIpc) is 3.35. The van der Waals surface area contributed by atoms with Crippen LogP contribution in [0.3, 0.4) is 0 Å². The summed E-state index contributed by atoms with van der Waals surface area (Å²) in [4.78, 5) is 23.0. The molecule has 0 aliphatic carbocycles. The number of amides is 1. The third kappa shape index (κ3) is 4.23. The number of carbonyl (C=O) groups excluding carboxylic acids is 1. The molecule has 5 rings (SSSR count). The first-order chi connectivity index (χ1) is 16.5. The number of rotatable bonds is 4. The second-order valence-corrected chi connectivity index (χ2v) is 9.00. The molecule has 1 saturated heterocycles. The molecule has 2 aromatic heterocycles. The van der Waals surface area contributed by atoms with Crippen molar-refractivity contribution in [3.05, 3.63) is 48.0 Å². The van der Waals surface area contributed by atoms with E-state index in [9.17, 15) is 4.79 Å². The Morgan fingerprint density at radius 2 is 1.88 bits per heavy atom. The second-order valence-electron chi connectivity index (χ2n) is 9.00. The van der Waals surface area contributed by atoms with Gasteiger partial charge >= 0.3 is 12.1 Å². The average molecular weight is 463 g/mol. The maximum Gasteiger partial charge on any atom is 0.414 e. The quantitative estimate of drug-likeness (QED) is 0.619. The van der Waals surface area contributed by atoms with Crippen LogP contribution in [0.4, 0.5) is 10.5 Å². The highest BCUT2D eigenvalue weighted by Gasteiger charge is 2.32. The van der Waals surface area contributed by atoms with Gasteiger partial charge in [-0.1, -0.05) is 0 Å². The molecule has 178 valence electrons. The molecule has 1 aromatic carbocycles. The van der Waals surface area contributed by atoms with Crippen LogP contribution in [0.25, 0.3) is 11.1 Å². The number of ether oxygens (including phenoxy) is 2. The molecule has 2 aliphatic heterocycles. The molecule has 2 aliphatic rings. The van der Waals surface area contributed by atoms with Crippen LogP contribution in [0.5, 0.6) is 11.8 Å². The number of nitrogens with one attached hydrogen (secondary N) is 1. The van der Waals surface area contributed by atoms with Crippen LogP contribution < -0.4 is 15.0 Å². The molecule has 1 fully saturated rings. The zero-order chi connectivity index (χ0) is 23.7. The highest BCUT2D eigenvalue weighted by molar-refractivity contribution is 5.92. The van der Waals surface area contributed by atoms with Crippen LogP contribution in [-0.2, 0) is 11.2 Å². The summed E-state index contributed by atoms with van der Waals surface area (Å²) in [5.41, 5.74) is 4.56. The van der Waals surface area contributed by atoms with Gasteiger partial charge in [0.05, 0.1) is 25.0 Å². The minimum Gasteiger partial charge on any atom is -0.452 e. The number of methoxy groups -OCH3 is 1. The summed E-state index contributed by atoms with van der Waals surface area (Å²) in [6.45, 7) is 5.96. The molecular formula is C25H30N6O3. The first-order valence-corrected chi connectivity index (χ1v) is 11.8. The van der Waals surface area contributed by atoms with E-state index >= 15 is 0 Å². The summed E-state index contributed by atoms with van der Waals surface area (Å²) in [6.07, 6.45) is 10.7. The number of carbonyl (C=O) groups is 1. The molecule has 0 radical (unpaired) electrons. The van der Waals surface area contributed by atoms with E-state index < -0.39 is 0 Å². The van der Waals surface area contributed by atoms with Crippen LogP contribution in [0.2, 0.25) is 0 Å². The van der Waals surface area contributed by atoms with E-state index in [2.05, 4.69) is 31.3 Å². The summed E-state index contributed by atoms with van der Waals surface area (Å²) in [5, 5.41) is 8.08. The fourth-order valence-corrected chi connectivity index (χ4v) is 4.80. The maximum absolute atomic E-state index is 12.6. The normalized spacial score (nSPS) is 18.4. The minimum atomic E-state index is -0.377. The van der Waals surface area contributed by atoms with Gasteiger partial charge in [0.1, 0.15) is 5.75 Å². The number of anilines is 1. The molecule has 1 amide bonds. The van der Waals surface area contributed by atoms with Crippen molar-refractivity contribution in [3.8, 4) is 22.9 Å². The Balaban J connectivity index is 1.59. The summed E-state index contributed by atoms with van der Waals surface area (Å²) >= 11 is 0. The number of nitrogens with zero attached hydrogens (tertiary/aromatic N) is 5. The first-order valence-electron chi connectivity index (χ1n) is 11.8. The van der Waals surface area contributed by atoms with E-state index in [4.69, 9.17) is 9.47 Å². The molecule has 0 bridgehead atoms. The molecule has 34 heavy (non-hydrogen) atoms. The predicted molar refractivity (Wildman–Crippen MR) is 128 cm³/mol. The molecule has 0 saturated carbocycles. The zero-order valence-electron chi connectivity index (χ0n) is 19.8. The largest absolute Gasteiger partial charge is 0.452 e. The lowest BCUT2D eigenvalue weighted by Crippen LogP contribution is -2.42. The molecule has 0 spiro atoms. The number of fused-ring (bicyclic) bond motifs is 1. The van der Waals surface area contributed by atoms with E-state index in [0.717, 1.165) is 66.7 Å². The van der Waals surface area contributed by atoms with E-state index in [1.807, 2.05) is 32.2 Å². The van der Waals surface area contributed by atoms with Gasteiger partial charge < -0.3 is 14.8 Å². The monoisotopic (exact) mass is 462 g/mol. The van der Waals surface area contributed by atoms with Crippen molar-refractivity contribution >= 4 is 11.8 Å². The fraction of sp³-hybridized carbons (Fsp3) is 0.440. The van der Waals surface area contributed by atoms with Crippen LogP contribution in [0.15, 0.2) is 36.9 Å². The lowest BCUT2D eigenvalue weighted by molar-refractivity contribution is 0.175. The van der Waals surface area contributed by atoms with Crippen molar-refractivity contribution in [2.45, 2.75) is 51.6 Å². The maximum atomic E-state index is 12.6. The smallest absolute Gasteiger partial charge is 0.414 e. The highest BCUT2D eigenvalue weighted by Crippen LogP contribution is 2.44. The van der Waals surface area contributed by atoms with E-state index in [-0.39, 0.29) is 18.1 Å².